The number of aromatic nitrogens is 2. The molecular formula is C18H20F3N3O. The molecule has 1 atom stereocenters. The van der Waals surface area contributed by atoms with E-state index in [0.29, 0.717) is 0 Å². The van der Waals surface area contributed by atoms with Gasteiger partial charge in [0.25, 0.3) is 0 Å². The van der Waals surface area contributed by atoms with E-state index in [9.17, 15) is 13.2 Å². The molecule has 7 heteroatoms. The van der Waals surface area contributed by atoms with E-state index in [1.54, 1.807) is 12.3 Å². The lowest BCUT2D eigenvalue weighted by atomic mass is 10.0. The molecule has 1 unspecified atom stereocenters. The summed E-state index contributed by atoms with van der Waals surface area (Å²) in [5.74, 6) is 0.256. The maximum absolute atomic E-state index is 12.3. The third kappa shape index (κ3) is 5.42. The SMILES string of the molecule is FC(F)(F)COc1cccc(C2CCN(CCc3cccnc3)C2)n1. The summed E-state index contributed by atoms with van der Waals surface area (Å²) in [6.07, 6.45) is 1.16. The Labute approximate surface area is 144 Å². The van der Waals surface area contributed by atoms with Gasteiger partial charge in [-0.15, -0.1) is 0 Å². The minimum atomic E-state index is -4.35. The number of hydrogen-bond donors (Lipinski definition) is 0. The fraction of sp³-hybridized carbons (Fsp3) is 0.444. The second kappa shape index (κ2) is 7.82. The summed E-state index contributed by atoms with van der Waals surface area (Å²) in [5, 5.41) is 0. The topological polar surface area (TPSA) is 38.2 Å². The lowest BCUT2D eigenvalue weighted by Gasteiger charge is -2.16. The summed E-state index contributed by atoms with van der Waals surface area (Å²) in [6.45, 7) is 1.44. The van der Waals surface area contributed by atoms with Gasteiger partial charge in [0.2, 0.25) is 5.88 Å². The Balaban J connectivity index is 1.53. The second-order valence-corrected chi connectivity index (χ2v) is 6.20. The van der Waals surface area contributed by atoms with Gasteiger partial charge in [0.05, 0.1) is 0 Å². The molecule has 0 saturated carbocycles. The average Bonchev–Trinajstić information content (AvgIpc) is 3.08. The summed E-state index contributed by atoms with van der Waals surface area (Å²) in [4.78, 5) is 10.7. The molecule has 2 aromatic rings. The number of hydrogen-bond acceptors (Lipinski definition) is 4. The molecule has 0 aromatic carbocycles. The van der Waals surface area contributed by atoms with E-state index < -0.39 is 12.8 Å². The first-order chi connectivity index (χ1) is 12.0. The molecule has 3 rings (SSSR count). The molecule has 4 nitrogen and oxygen atoms in total. The van der Waals surface area contributed by atoms with Crippen LogP contribution in [-0.4, -0.2) is 47.3 Å². The predicted molar refractivity (Wildman–Crippen MR) is 87.5 cm³/mol. The normalized spacial score (nSPS) is 18.4. The van der Waals surface area contributed by atoms with Gasteiger partial charge in [-0.1, -0.05) is 12.1 Å². The Morgan fingerprint density at radius 2 is 2.08 bits per heavy atom. The van der Waals surface area contributed by atoms with Gasteiger partial charge in [-0.3, -0.25) is 4.98 Å². The number of pyridine rings is 2. The average molecular weight is 351 g/mol. The molecule has 0 N–H and O–H groups in total. The van der Waals surface area contributed by atoms with E-state index in [2.05, 4.69) is 20.9 Å². The minimum absolute atomic E-state index is 0.0311. The van der Waals surface area contributed by atoms with Crippen molar-refractivity contribution in [3.63, 3.8) is 0 Å². The molecular weight excluding hydrogens is 331 g/mol. The summed E-state index contributed by atoms with van der Waals surface area (Å²) >= 11 is 0. The maximum Gasteiger partial charge on any atom is 0.422 e. The van der Waals surface area contributed by atoms with E-state index in [-0.39, 0.29) is 11.8 Å². The van der Waals surface area contributed by atoms with Crippen molar-refractivity contribution in [1.82, 2.24) is 14.9 Å². The van der Waals surface area contributed by atoms with Crippen molar-refractivity contribution in [3.8, 4) is 5.88 Å². The Hall–Kier alpha value is -2.15. The number of halogens is 3. The zero-order chi connectivity index (χ0) is 17.7. The smallest absolute Gasteiger partial charge is 0.422 e. The zero-order valence-electron chi connectivity index (χ0n) is 13.7. The number of alkyl halides is 3. The Morgan fingerprint density at radius 3 is 2.84 bits per heavy atom. The van der Waals surface area contributed by atoms with Crippen molar-refractivity contribution in [3.05, 3.63) is 54.0 Å². The van der Waals surface area contributed by atoms with Crippen molar-refractivity contribution in [2.24, 2.45) is 0 Å². The van der Waals surface area contributed by atoms with Crippen LogP contribution in [0, 0.1) is 0 Å². The van der Waals surface area contributed by atoms with Gasteiger partial charge in [-0.05, 0) is 37.1 Å². The third-order valence-corrected chi connectivity index (χ3v) is 4.26. The second-order valence-electron chi connectivity index (χ2n) is 6.20. The molecule has 1 aliphatic heterocycles. The van der Waals surface area contributed by atoms with E-state index in [1.165, 1.54) is 11.6 Å². The Bertz CT molecular complexity index is 679. The van der Waals surface area contributed by atoms with Gasteiger partial charge < -0.3 is 9.64 Å². The van der Waals surface area contributed by atoms with Gasteiger partial charge in [-0.2, -0.15) is 13.2 Å². The van der Waals surface area contributed by atoms with Gasteiger partial charge in [0.1, 0.15) is 0 Å². The van der Waals surface area contributed by atoms with Crippen molar-refractivity contribution in [2.75, 3.05) is 26.2 Å². The van der Waals surface area contributed by atoms with Gasteiger partial charge in [0, 0.05) is 43.2 Å². The molecule has 0 radical (unpaired) electrons. The van der Waals surface area contributed by atoms with Crippen LogP contribution in [0.3, 0.4) is 0 Å². The molecule has 1 aliphatic rings. The summed E-state index contributed by atoms with van der Waals surface area (Å²) < 4.78 is 41.5. The highest BCUT2D eigenvalue weighted by atomic mass is 19.4. The van der Waals surface area contributed by atoms with Gasteiger partial charge >= 0.3 is 6.18 Å². The van der Waals surface area contributed by atoms with Crippen LogP contribution in [0.5, 0.6) is 5.88 Å². The van der Waals surface area contributed by atoms with Crippen LogP contribution < -0.4 is 4.74 Å². The summed E-state index contributed by atoms with van der Waals surface area (Å²) in [7, 11) is 0. The summed E-state index contributed by atoms with van der Waals surface area (Å²) in [6, 6.07) is 9.01. The first-order valence-electron chi connectivity index (χ1n) is 8.27. The molecule has 2 aromatic heterocycles. The standard InChI is InChI=1S/C18H20F3N3O/c19-18(20,21)13-25-17-5-1-4-16(23-17)15-7-10-24(12-15)9-6-14-3-2-8-22-11-14/h1-5,8,11,15H,6-7,9-10,12-13H2. The van der Waals surface area contributed by atoms with E-state index in [0.717, 1.165) is 38.2 Å². The van der Waals surface area contributed by atoms with Crippen LogP contribution in [-0.2, 0) is 6.42 Å². The Kier molecular flexibility index (Phi) is 5.53. The van der Waals surface area contributed by atoms with Crippen molar-refractivity contribution < 1.29 is 17.9 Å². The molecule has 134 valence electrons. The van der Waals surface area contributed by atoms with Crippen molar-refractivity contribution in [2.45, 2.75) is 24.9 Å². The third-order valence-electron chi connectivity index (χ3n) is 4.26. The van der Waals surface area contributed by atoms with Crippen LogP contribution in [0.15, 0.2) is 42.7 Å². The van der Waals surface area contributed by atoms with Crippen molar-refractivity contribution in [1.29, 1.82) is 0 Å². The monoisotopic (exact) mass is 351 g/mol. The predicted octanol–water partition coefficient (Wildman–Crippen LogP) is 3.45. The largest absolute Gasteiger partial charge is 0.468 e. The Morgan fingerprint density at radius 1 is 1.20 bits per heavy atom. The van der Waals surface area contributed by atoms with E-state index in [1.807, 2.05) is 18.3 Å². The molecule has 3 heterocycles. The number of ether oxygens (including phenoxy) is 1. The van der Waals surface area contributed by atoms with Crippen LogP contribution >= 0.6 is 0 Å². The van der Waals surface area contributed by atoms with Gasteiger partial charge in [0.15, 0.2) is 6.61 Å². The molecule has 0 bridgehead atoms. The first kappa shape index (κ1) is 17.7. The first-order valence-corrected chi connectivity index (χ1v) is 8.27. The number of nitrogens with zero attached hydrogens (tertiary/aromatic N) is 3. The highest BCUT2D eigenvalue weighted by Crippen LogP contribution is 2.27. The van der Waals surface area contributed by atoms with E-state index >= 15 is 0 Å². The van der Waals surface area contributed by atoms with Crippen LogP contribution in [0.2, 0.25) is 0 Å². The lowest BCUT2D eigenvalue weighted by molar-refractivity contribution is -0.154. The molecule has 0 spiro atoms. The fourth-order valence-corrected chi connectivity index (χ4v) is 3.00. The van der Waals surface area contributed by atoms with E-state index in [4.69, 9.17) is 4.74 Å². The van der Waals surface area contributed by atoms with Crippen molar-refractivity contribution >= 4 is 0 Å². The number of likely N-dealkylation sites (tertiary alicyclic amines) is 1. The van der Waals surface area contributed by atoms with Gasteiger partial charge in [-0.25, -0.2) is 4.98 Å². The lowest BCUT2D eigenvalue weighted by Crippen LogP contribution is -2.23. The number of rotatable bonds is 6. The molecule has 1 fully saturated rings. The quantitative estimate of drug-likeness (QED) is 0.799. The fourth-order valence-electron chi connectivity index (χ4n) is 3.00. The molecule has 0 aliphatic carbocycles. The maximum atomic E-state index is 12.3. The molecule has 1 saturated heterocycles. The van der Waals surface area contributed by atoms with Crippen LogP contribution in [0.4, 0.5) is 13.2 Å². The molecule has 0 amide bonds. The van der Waals surface area contributed by atoms with Crippen LogP contribution in [0.25, 0.3) is 0 Å². The zero-order valence-corrected chi connectivity index (χ0v) is 13.7. The highest BCUT2D eigenvalue weighted by Gasteiger charge is 2.29. The van der Waals surface area contributed by atoms with Crippen LogP contribution in [0.1, 0.15) is 23.6 Å². The minimum Gasteiger partial charge on any atom is -0.468 e. The summed E-state index contributed by atoms with van der Waals surface area (Å²) in [5.41, 5.74) is 2.00. The highest BCUT2D eigenvalue weighted by molar-refractivity contribution is 5.20. The molecule has 25 heavy (non-hydrogen) atoms.